The summed E-state index contributed by atoms with van der Waals surface area (Å²) in [5.74, 6) is 0.190. The van der Waals surface area contributed by atoms with Crippen LogP contribution in [0.5, 0.6) is 0 Å². The average molecular weight is 311 g/mol. The number of hydrogen-bond donors (Lipinski definition) is 1. The van der Waals surface area contributed by atoms with Crippen LogP contribution in [0.15, 0.2) is 24.0 Å². The molecule has 3 aliphatic heterocycles. The summed E-state index contributed by atoms with van der Waals surface area (Å²) in [5.41, 5.74) is -4.39. The number of ether oxygens (including phenoxy) is 1. The Labute approximate surface area is 126 Å². The van der Waals surface area contributed by atoms with Crippen molar-refractivity contribution in [2.45, 2.75) is 55.1 Å². The van der Waals surface area contributed by atoms with Crippen LogP contribution in [0.4, 0.5) is 13.2 Å². The number of nitrogens with one attached hydrogen (secondary N) is 1. The molecule has 5 aliphatic rings. The van der Waals surface area contributed by atoms with Crippen molar-refractivity contribution in [2.24, 2.45) is 0 Å². The summed E-state index contributed by atoms with van der Waals surface area (Å²) in [6.07, 6.45) is 3.06. The number of alkyl halides is 3. The van der Waals surface area contributed by atoms with Crippen LogP contribution in [0.25, 0.3) is 0 Å². The molecule has 0 aromatic heterocycles. The molecule has 22 heavy (non-hydrogen) atoms. The first-order chi connectivity index (χ1) is 10.4. The van der Waals surface area contributed by atoms with Crippen molar-refractivity contribution in [3.63, 3.8) is 0 Å². The molecule has 1 N–H and O–H groups in total. The lowest BCUT2D eigenvalue weighted by Gasteiger charge is -2.55. The minimum Gasteiger partial charge on any atom is -0.470 e. The second-order valence-corrected chi connectivity index (χ2v) is 6.38. The van der Waals surface area contributed by atoms with Gasteiger partial charge in [-0.05, 0) is 25.0 Å². The summed E-state index contributed by atoms with van der Waals surface area (Å²) in [6.45, 7) is 0.275. The van der Waals surface area contributed by atoms with Crippen LogP contribution in [0.2, 0.25) is 0 Å². The van der Waals surface area contributed by atoms with Gasteiger partial charge in [0.25, 0.3) is 5.60 Å². The summed E-state index contributed by atoms with van der Waals surface area (Å²) >= 11 is 0. The lowest BCUT2D eigenvalue weighted by atomic mass is 9.70. The molecule has 4 atom stereocenters. The fourth-order valence-corrected chi connectivity index (χ4v) is 4.27. The predicted octanol–water partition coefficient (Wildman–Crippen LogP) is 2.21. The molecule has 2 unspecified atom stereocenters. The largest absolute Gasteiger partial charge is 0.470 e. The lowest BCUT2D eigenvalue weighted by Crippen LogP contribution is -2.74. The third kappa shape index (κ3) is 1.49. The van der Waals surface area contributed by atoms with E-state index in [1.165, 1.54) is 12.2 Å². The summed E-state index contributed by atoms with van der Waals surface area (Å²) < 4.78 is 46.2. The SMILES string of the molecule is N#CC1(N2CN[C@H]3CCCC[C@@H]32)C=CC2=CC1(C(F)(F)F)O2. The van der Waals surface area contributed by atoms with Gasteiger partial charge in [-0.25, -0.2) is 0 Å². The maximum atomic E-state index is 13.7. The number of allylic oxidation sites excluding steroid dienone is 1. The van der Waals surface area contributed by atoms with Crippen LogP contribution in [0.1, 0.15) is 25.7 Å². The van der Waals surface area contributed by atoms with E-state index in [9.17, 15) is 18.4 Å². The van der Waals surface area contributed by atoms with Gasteiger partial charge in [-0.3, -0.25) is 10.2 Å². The molecule has 4 nitrogen and oxygen atoms in total. The van der Waals surface area contributed by atoms with Gasteiger partial charge in [-0.2, -0.15) is 18.4 Å². The topological polar surface area (TPSA) is 48.3 Å². The van der Waals surface area contributed by atoms with Gasteiger partial charge in [-0.15, -0.1) is 0 Å². The minimum absolute atomic E-state index is 0.0589. The van der Waals surface area contributed by atoms with Crippen LogP contribution in [-0.2, 0) is 4.74 Å². The van der Waals surface area contributed by atoms with E-state index in [4.69, 9.17) is 4.74 Å². The van der Waals surface area contributed by atoms with Crippen LogP contribution < -0.4 is 5.32 Å². The van der Waals surface area contributed by atoms with Crippen molar-refractivity contribution in [3.8, 4) is 6.07 Å². The molecule has 3 heterocycles. The Bertz CT molecular complexity index is 608. The van der Waals surface area contributed by atoms with Crippen LogP contribution in [-0.4, -0.2) is 41.0 Å². The predicted molar refractivity (Wildman–Crippen MR) is 71.3 cm³/mol. The Balaban J connectivity index is 1.79. The zero-order chi connectivity index (χ0) is 15.6. The van der Waals surface area contributed by atoms with E-state index in [0.717, 1.165) is 31.8 Å². The lowest BCUT2D eigenvalue weighted by molar-refractivity contribution is -0.291. The molecule has 2 aliphatic carbocycles. The summed E-state index contributed by atoms with van der Waals surface area (Å²) in [5, 5.41) is 13.0. The molecule has 7 heteroatoms. The average Bonchev–Trinajstić information content (AvgIpc) is 2.89. The standard InChI is InChI=1S/C15H16F3N3O/c16-15(17,18)14-7-10(22-14)5-6-13(14,8-19)21-9-20-11-3-1-2-4-12(11)21/h5-7,11-12,20H,1-4,9H2/t11-,12-,13?,14?/m0/s1. The molecule has 1 saturated carbocycles. The van der Waals surface area contributed by atoms with E-state index >= 15 is 0 Å². The fraction of sp³-hybridized carbons (Fsp3) is 0.667. The third-order valence-corrected chi connectivity index (χ3v) is 5.38. The molecular weight excluding hydrogens is 295 g/mol. The molecule has 0 amide bonds. The summed E-state index contributed by atoms with van der Waals surface area (Å²) in [4.78, 5) is 1.66. The van der Waals surface area contributed by atoms with E-state index < -0.39 is 17.3 Å². The smallest absolute Gasteiger partial charge is 0.435 e. The summed E-state index contributed by atoms with van der Waals surface area (Å²) in [7, 11) is 0. The maximum Gasteiger partial charge on any atom is 0.435 e. The molecular formula is C15H16F3N3O. The van der Waals surface area contributed by atoms with Gasteiger partial charge < -0.3 is 4.74 Å². The van der Waals surface area contributed by atoms with Gasteiger partial charge in [0.05, 0.1) is 12.7 Å². The first-order valence-electron chi connectivity index (χ1n) is 7.53. The zero-order valence-corrected chi connectivity index (χ0v) is 11.9. The highest BCUT2D eigenvalue weighted by molar-refractivity contribution is 5.50. The molecule has 2 fully saturated rings. The quantitative estimate of drug-likeness (QED) is 0.806. The molecule has 0 aromatic carbocycles. The first kappa shape index (κ1) is 14.1. The molecule has 0 spiro atoms. The highest BCUT2D eigenvalue weighted by Crippen LogP contribution is 2.56. The van der Waals surface area contributed by atoms with Gasteiger partial charge in [0.2, 0.25) is 0 Å². The second-order valence-electron chi connectivity index (χ2n) is 6.38. The molecule has 0 aromatic rings. The van der Waals surface area contributed by atoms with Gasteiger partial charge in [-0.1, -0.05) is 12.8 Å². The highest BCUT2D eigenvalue weighted by Gasteiger charge is 2.76. The minimum atomic E-state index is -4.64. The van der Waals surface area contributed by atoms with E-state index in [2.05, 4.69) is 5.32 Å². The molecule has 0 radical (unpaired) electrons. The second kappa shape index (κ2) is 4.27. The van der Waals surface area contributed by atoms with Crippen LogP contribution in [0.3, 0.4) is 0 Å². The number of nitrogens with zero attached hydrogens (tertiary/aromatic N) is 2. The van der Waals surface area contributed by atoms with Crippen molar-refractivity contribution < 1.29 is 17.9 Å². The van der Waals surface area contributed by atoms with E-state index in [0.29, 0.717) is 0 Å². The van der Waals surface area contributed by atoms with Gasteiger partial charge in [0.15, 0.2) is 5.54 Å². The third-order valence-electron chi connectivity index (χ3n) is 5.38. The number of nitriles is 1. The molecule has 2 bridgehead atoms. The Hall–Kier alpha value is -1.52. The van der Waals surface area contributed by atoms with E-state index in [1.54, 1.807) is 4.90 Å². The Morgan fingerprint density at radius 1 is 1.36 bits per heavy atom. The number of rotatable bonds is 1. The van der Waals surface area contributed by atoms with Crippen LogP contribution >= 0.6 is 0 Å². The molecule has 5 rings (SSSR count). The van der Waals surface area contributed by atoms with Crippen molar-refractivity contribution in [3.05, 3.63) is 24.0 Å². The van der Waals surface area contributed by atoms with Crippen molar-refractivity contribution in [1.29, 1.82) is 5.26 Å². The first-order valence-corrected chi connectivity index (χ1v) is 7.53. The van der Waals surface area contributed by atoms with Gasteiger partial charge in [0.1, 0.15) is 5.76 Å². The molecule has 118 valence electrons. The van der Waals surface area contributed by atoms with Gasteiger partial charge in [0, 0.05) is 18.2 Å². The number of hydrogen-bond acceptors (Lipinski definition) is 4. The normalized spacial score (nSPS) is 43.6. The highest BCUT2D eigenvalue weighted by atomic mass is 19.4. The van der Waals surface area contributed by atoms with Crippen molar-refractivity contribution in [1.82, 2.24) is 10.2 Å². The summed E-state index contributed by atoms with van der Waals surface area (Å²) in [6, 6.07) is 2.03. The van der Waals surface area contributed by atoms with Crippen molar-refractivity contribution >= 4 is 0 Å². The van der Waals surface area contributed by atoms with Crippen molar-refractivity contribution in [2.75, 3.05) is 6.67 Å². The Kier molecular flexibility index (Phi) is 2.73. The monoisotopic (exact) mass is 311 g/mol. The Morgan fingerprint density at radius 2 is 2.09 bits per heavy atom. The number of fused-ring (bicyclic) bond motifs is 2. The maximum absolute atomic E-state index is 13.7. The van der Waals surface area contributed by atoms with E-state index in [-0.39, 0.29) is 24.5 Å². The zero-order valence-electron chi connectivity index (χ0n) is 11.9. The van der Waals surface area contributed by atoms with E-state index in [1.807, 2.05) is 6.07 Å². The molecule has 1 saturated heterocycles. The number of halogens is 3. The van der Waals surface area contributed by atoms with Crippen LogP contribution in [0, 0.1) is 11.3 Å². The fourth-order valence-electron chi connectivity index (χ4n) is 4.27. The van der Waals surface area contributed by atoms with Gasteiger partial charge >= 0.3 is 6.18 Å². The Morgan fingerprint density at radius 3 is 2.77 bits per heavy atom.